The smallest absolute Gasteiger partial charge is 0.341 e. The lowest BCUT2D eigenvalue weighted by molar-refractivity contribution is -0.384. The minimum Gasteiger partial charge on any atom is -0.478 e. The molecule has 27 heteroatoms. The van der Waals surface area contributed by atoms with Crippen molar-refractivity contribution in [2.24, 2.45) is 49.8 Å². The van der Waals surface area contributed by atoms with E-state index in [1.165, 1.54) is 138 Å². The molecule has 0 aliphatic carbocycles. The van der Waals surface area contributed by atoms with Crippen molar-refractivity contribution in [1.29, 1.82) is 0 Å². The molecule has 1 amide bonds. The molecule has 15 rings (SSSR count). The number of nitrogens with zero attached hydrogens (tertiary/aromatic N) is 14. The van der Waals surface area contributed by atoms with Gasteiger partial charge in [0.15, 0.2) is 6.29 Å². The number of carboxylic acids is 1. The van der Waals surface area contributed by atoms with Crippen molar-refractivity contribution in [2.45, 2.75) is 142 Å². The third-order valence-electron chi connectivity index (χ3n) is 22.3. The van der Waals surface area contributed by atoms with Crippen LogP contribution in [0.4, 0.5) is 23.5 Å². The highest BCUT2D eigenvalue weighted by Crippen LogP contribution is 2.32. The molecule has 0 saturated carbocycles. The van der Waals surface area contributed by atoms with Crippen LogP contribution in [-0.2, 0) is 54.7 Å². The van der Waals surface area contributed by atoms with Crippen LogP contribution >= 0.6 is 24.8 Å². The van der Waals surface area contributed by atoms with Gasteiger partial charge in [-0.25, -0.2) is 49.8 Å². The highest BCUT2D eigenvalue weighted by Gasteiger charge is 2.26. The van der Waals surface area contributed by atoms with E-state index in [2.05, 4.69) is 187 Å². The number of hydroxylamine groups is 1. The van der Waals surface area contributed by atoms with Gasteiger partial charge in [0, 0.05) is 187 Å². The second kappa shape index (κ2) is 43.4. The van der Waals surface area contributed by atoms with E-state index >= 15 is 0 Å². The Morgan fingerprint density at radius 1 is 0.558 bits per heavy atom. The number of rotatable bonds is 25. The number of fused-ring (bicyclic) bond motifs is 3. The van der Waals surface area contributed by atoms with Gasteiger partial charge in [0.25, 0.3) is 11.6 Å². The topological polar surface area (TPSA) is 281 Å². The third kappa shape index (κ3) is 24.3. The molecule has 4 aromatic carbocycles. The Balaban J connectivity index is 0.000000162. The van der Waals surface area contributed by atoms with Crippen molar-refractivity contribution >= 4 is 105 Å². The molecule has 5 aliphatic rings. The lowest BCUT2D eigenvalue weighted by atomic mass is 9.91. The molecule has 10 aromatic rings. The lowest BCUT2D eigenvalue weighted by Gasteiger charge is -2.32. The molecule has 0 bridgehead atoms. The van der Waals surface area contributed by atoms with Crippen LogP contribution in [0, 0.1) is 33.8 Å². The van der Waals surface area contributed by atoms with Gasteiger partial charge in [-0.15, -0.1) is 24.8 Å². The predicted molar refractivity (Wildman–Crippen MR) is 449 cm³/mol. The monoisotopic (exact) mass is 1580 g/mol. The maximum atomic E-state index is 12.3. The summed E-state index contributed by atoms with van der Waals surface area (Å²) in [6.45, 7) is 11.5. The Bertz CT molecular complexity index is 4640. The molecule has 5 aliphatic heterocycles. The zero-order valence-corrected chi connectivity index (χ0v) is 67.2. The van der Waals surface area contributed by atoms with Crippen molar-refractivity contribution < 1.29 is 38.7 Å². The summed E-state index contributed by atoms with van der Waals surface area (Å²) in [5.74, 6) is 3.23. The number of amides is 1. The van der Waals surface area contributed by atoms with Gasteiger partial charge in [-0.2, -0.15) is 0 Å². The SMILES string of the molecule is CCOC(=O)c1cnc(N2CCC(CCCc3cn(C)c4ccccc34)CC2)nc1.Cl.Cl.Cn1cc(CCCC2CCN(c3ncc(C(=O)NOC4CCCCO4)cn3)CC2)c2ccccc21.Cn1cc(CCCC2CCN(c3ncc(C(=O)O)cn3)CC2)c2ccccc21.O=[N+]([O-])c1ccc(C=NCC2CCNCC2)cc1. The molecule has 0 spiro atoms. The highest BCUT2D eigenvalue weighted by molar-refractivity contribution is 5.93. The summed E-state index contributed by atoms with van der Waals surface area (Å²) in [7, 11) is 6.37. The number of nitrogens with one attached hydrogen (secondary N) is 2. The summed E-state index contributed by atoms with van der Waals surface area (Å²) < 4.78 is 17.1. The van der Waals surface area contributed by atoms with E-state index in [1.807, 2.05) is 0 Å². The number of benzene rings is 4. The molecule has 0 radical (unpaired) electrons. The molecule has 1 atom stereocenters. The highest BCUT2D eigenvalue weighted by atomic mass is 35.5. The fourth-order valence-corrected chi connectivity index (χ4v) is 15.9. The second-order valence-corrected chi connectivity index (χ2v) is 30.0. The van der Waals surface area contributed by atoms with Crippen LogP contribution in [-0.4, -0.2) is 156 Å². The van der Waals surface area contributed by atoms with E-state index in [1.54, 1.807) is 50.1 Å². The van der Waals surface area contributed by atoms with E-state index in [-0.39, 0.29) is 54.2 Å². The fourth-order valence-electron chi connectivity index (χ4n) is 15.9. The van der Waals surface area contributed by atoms with Gasteiger partial charge in [-0.3, -0.25) is 19.9 Å². The Morgan fingerprint density at radius 3 is 1.35 bits per heavy atom. The molecular formula is C86H110Cl2N16O9. The number of aryl methyl sites for hydroxylation is 6. The van der Waals surface area contributed by atoms with Crippen molar-refractivity contribution in [1.82, 2.24) is 54.4 Å². The number of aromatic nitrogens is 9. The van der Waals surface area contributed by atoms with Crippen LogP contribution in [0.2, 0.25) is 0 Å². The number of piperidine rings is 4. The zero-order chi connectivity index (χ0) is 77.3. The van der Waals surface area contributed by atoms with Crippen LogP contribution in [0.25, 0.3) is 32.7 Å². The number of carboxylic acid groups (broad SMARTS) is 1. The van der Waals surface area contributed by atoms with Crippen LogP contribution in [0.1, 0.15) is 169 Å². The Hall–Kier alpha value is -9.92. The van der Waals surface area contributed by atoms with Gasteiger partial charge in [-0.05, 0) is 218 Å². The van der Waals surface area contributed by atoms with Gasteiger partial charge in [0.05, 0.1) is 28.2 Å². The third-order valence-corrected chi connectivity index (χ3v) is 22.3. The molecule has 5 fully saturated rings. The maximum absolute atomic E-state index is 12.3. The zero-order valence-electron chi connectivity index (χ0n) is 65.6. The van der Waals surface area contributed by atoms with E-state index in [0.29, 0.717) is 48.1 Å². The summed E-state index contributed by atoms with van der Waals surface area (Å²) in [5, 5.41) is 26.9. The number of ether oxygens (including phenoxy) is 2. The summed E-state index contributed by atoms with van der Waals surface area (Å²) in [5.41, 5.74) is 12.7. The molecule has 25 nitrogen and oxygen atoms in total. The summed E-state index contributed by atoms with van der Waals surface area (Å²) in [6, 6.07) is 32.4. The number of aromatic carboxylic acids is 1. The number of carbonyl (C=O) groups excluding carboxylic acids is 2. The number of halogens is 2. The van der Waals surface area contributed by atoms with E-state index < -0.39 is 10.9 Å². The average Bonchev–Trinajstić information content (AvgIpc) is 1.66. The van der Waals surface area contributed by atoms with Crippen LogP contribution in [0.5, 0.6) is 0 Å². The van der Waals surface area contributed by atoms with E-state index in [4.69, 9.17) is 19.4 Å². The van der Waals surface area contributed by atoms with Crippen molar-refractivity contribution in [3.8, 4) is 0 Å². The summed E-state index contributed by atoms with van der Waals surface area (Å²) in [6.07, 6.45) is 40.2. The number of para-hydroxylation sites is 3. The summed E-state index contributed by atoms with van der Waals surface area (Å²) in [4.78, 5) is 87.5. The second-order valence-electron chi connectivity index (χ2n) is 30.0. The largest absolute Gasteiger partial charge is 0.478 e. The minimum absolute atomic E-state index is 0. The lowest BCUT2D eigenvalue weighted by Crippen LogP contribution is -2.35. The van der Waals surface area contributed by atoms with Crippen molar-refractivity contribution in [2.75, 3.05) is 86.8 Å². The number of aliphatic imine (C=N–C) groups is 1. The number of nitro benzene ring substituents is 1. The predicted octanol–water partition coefficient (Wildman–Crippen LogP) is 15.5. The number of esters is 1. The van der Waals surface area contributed by atoms with Gasteiger partial charge < -0.3 is 48.3 Å². The number of nitro groups is 1. The molecule has 1 unspecified atom stereocenters. The molecule has 5 saturated heterocycles. The quantitative estimate of drug-likeness (QED) is 0.0207. The van der Waals surface area contributed by atoms with Crippen LogP contribution in [0.3, 0.4) is 0 Å². The van der Waals surface area contributed by atoms with Gasteiger partial charge >= 0.3 is 11.9 Å². The Morgan fingerprint density at radius 2 is 0.965 bits per heavy atom. The Kier molecular flexibility index (Phi) is 32.8. The van der Waals surface area contributed by atoms with Gasteiger partial charge in [0.2, 0.25) is 17.8 Å². The first-order valence-corrected chi connectivity index (χ1v) is 39.9. The first-order valence-electron chi connectivity index (χ1n) is 39.9. The average molecular weight is 1580 g/mol. The van der Waals surface area contributed by atoms with Crippen LogP contribution in [0.15, 0.2) is 158 Å². The Labute approximate surface area is 674 Å². The normalized spacial score (nSPS) is 16.4. The number of non-ortho nitro benzene ring substituents is 1. The van der Waals surface area contributed by atoms with E-state index in [9.17, 15) is 24.5 Å². The van der Waals surface area contributed by atoms with Crippen molar-refractivity contribution in [3.05, 3.63) is 202 Å². The molecule has 113 heavy (non-hydrogen) atoms. The number of hydrogen-bond donors (Lipinski definition) is 3. The first-order chi connectivity index (χ1) is 54.2. The fraction of sp³-hybridized carbons (Fsp3) is 0.465. The molecule has 602 valence electrons. The minimum atomic E-state index is -0.989. The number of carbonyl (C=O) groups is 3. The number of anilines is 3. The summed E-state index contributed by atoms with van der Waals surface area (Å²) >= 11 is 0. The number of hydrogen-bond acceptors (Lipinski definition) is 19. The molecule has 6 aromatic heterocycles. The molecule has 3 N–H and O–H groups in total. The molecule has 11 heterocycles. The van der Waals surface area contributed by atoms with Gasteiger partial charge in [-0.1, -0.05) is 54.6 Å². The standard InChI is InChI=1S/C27H35N5O3.C24H30N4O2.C22H26N4O2.C13H17N3O2.2ClH/c1-31-19-21(23-9-2-3-10-24(23)31)8-6-7-20-12-14-32(15-13-20)27-28-17-22(18-29-27)26(33)30-35-25-11-4-5-16-34-25;1-3-30-23(29)20-15-25-24(26-16-20)28-13-11-18(12-14-28)7-6-8-19-17-27(2)22-10-5-4-9-21(19)22;1-25-15-17(19-7-2-3-8-20(19)25)6-4-5-16-9-11-26(12-10-16)22-23-13-18(14-24-22)21(27)28;17-16(18)13-3-1-11(2-4-13)9-15-10-12-5-7-14-8-6-12;;/h2-3,9-10,17-20,25H,4-8,11-16H2,1H3,(H,30,33);4-5,9-10,15-18H,3,6-8,11-14H2,1-2H3;2-3,7-8,13-16H,4-6,9-12H2,1H3,(H,27,28);1-4,9,12,14H,5-8,10H2;2*1H. The maximum Gasteiger partial charge on any atom is 0.341 e. The first kappa shape index (κ1) is 85.5. The van der Waals surface area contributed by atoms with Crippen molar-refractivity contribution in [3.63, 3.8) is 0 Å². The van der Waals surface area contributed by atoms with E-state index in [0.717, 1.165) is 146 Å². The molecular weight excluding hydrogens is 1470 g/mol. The van der Waals surface area contributed by atoms with Crippen LogP contribution < -0.4 is 25.5 Å². The van der Waals surface area contributed by atoms with Gasteiger partial charge in [0.1, 0.15) is 0 Å².